The van der Waals surface area contributed by atoms with Crippen LogP contribution in [0.4, 0.5) is 0 Å². The van der Waals surface area contributed by atoms with Crippen molar-refractivity contribution in [2.24, 2.45) is 0 Å². The Morgan fingerprint density at radius 3 is 2.84 bits per heavy atom. The minimum absolute atomic E-state index is 0.916. The van der Waals surface area contributed by atoms with Crippen molar-refractivity contribution in [3.63, 3.8) is 0 Å². The van der Waals surface area contributed by atoms with Gasteiger partial charge in [-0.1, -0.05) is 41.7 Å². The molecular formula is C16H10NOS+. The van der Waals surface area contributed by atoms with Gasteiger partial charge >= 0.3 is 5.89 Å². The quantitative estimate of drug-likeness (QED) is 0.387. The molecule has 1 aliphatic rings. The van der Waals surface area contributed by atoms with Crippen molar-refractivity contribution >= 4 is 31.8 Å². The third kappa shape index (κ3) is 1.13. The van der Waals surface area contributed by atoms with Crippen molar-refractivity contribution in [2.75, 3.05) is 0 Å². The lowest BCUT2D eigenvalue weighted by Crippen LogP contribution is -2.30. The molecule has 0 atom stereocenters. The molecule has 0 unspecified atom stereocenters. The predicted molar refractivity (Wildman–Crippen MR) is 76.3 cm³/mol. The first-order valence-electron chi connectivity index (χ1n) is 6.34. The van der Waals surface area contributed by atoms with Crippen LogP contribution in [0, 0.1) is 0 Å². The Labute approximate surface area is 113 Å². The van der Waals surface area contributed by atoms with Gasteiger partial charge in [0.25, 0.3) is 10.4 Å². The highest BCUT2D eigenvalue weighted by molar-refractivity contribution is 7.25. The van der Waals surface area contributed by atoms with E-state index in [1.54, 1.807) is 11.3 Å². The van der Waals surface area contributed by atoms with Crippen LogP contribution in [0.25, 0.3) is 32.0 Å². The van der Waals surface area contributed by atoms with E-state index in [1.807, 2.05) is 0 Å². The van der Waals surface area contributed by atoms with Gasteiger partial charge in [-0.05, 0) is 18.2 Å². The number of nitrogens with zero attached hydrogens (tertiary/aromatic N) is 1. The Balaban J connectivity index is 1.94. The minimum Gasteiger partial charge on any atom is -0.386 e. The Hall–Kier alpha value is -2.13. The number of hydrogen-bond donors (Lipinski definition) is 0. The molecule has 0 bridgehead atoms. The summed E-state index contributed by atoms with van der Waals surface area (Å²) >= 11 is 1.73. The Morgan fingerprint density at radius 2 is 1.84 bits per heavy atom. The molecule has 5 rings (SSSR count). The fourth-order valence-corrected chi connectivity index (χ4v) is 4.03. The second-order valence-electron chi connectivity index (χ2n) is 4.88. The highest BCUT2D eigenvalue weighted by Crippen LogP contribution is 2.38. The Bertz CT molecular complexity index is 948. The van der Waals surface area contributed by atoms with E-state index in [0.29, 0.717) is 0 Å². The molecule has 0 N–H and O–H groups in total. The third-order valence-electron chi connectivity index (χ3n) is 3.82. The SMILES string of the molecule is c1ccc2c(c1)C[n+]1c-2oc2sc3ccccc3c21. The van der Waals surface area contributed by atoms with E-state index in [-0.39, 0.29) is 0 Å². The van der Waals surface area contributed by atoms with Crippen LogP contribution in [-0.2, 0) is 6.54 Å². The average molecular weight is 264 g/mol. The average Bonchev–Trinajstić information content (AvgIpc) is 3.05. The number of hydrogen-bond acceptors (Lipinski definition) is 2. The molecular weight excluding hydrogens is 254 g/mol. The molecule has 0 spiro atoms. The molecule has 3 heteroatoms. The predicted octanol–water partition coefficient (Wildman–Crippen LogP) is 3.96. The third-order valence-corrected chi connectivity index (χ3v) is 4.86. The smallest absolute Gasteiger partial charge is 0.383 e. The van der Waals surface area contributed by atoms with Crippen molar-refractivity contribution in [3.05, 3.63) is 54.1 Å². The maximum Gasteiger partial charge on any atom is 0.383 e. The van der Waals surface area contributed by atoms with E-state index in [9.17, 15) is 0 Å². The summed E-state index contributed by atoms with van der Waals surface area (Å²) in [6.07, 6.45) is 0. The number of rotatable bonds is 0. The molecule has 90 valence electrons. The van der Waals surface area contributed by atoms with Crippen LogP contribution in [-0.4, -0.2) is 0 Å². The monoisotopic (exact) mass is 264 g/mol. The van der Waals surface area contributed by atoms with Crippen molar-refractivity contribution < 1.29 is 8.98 Å². The van der Waals surface area contributed by atoms with Gasteiger partial charge in [0, 0.05) is 10.3 Å². The van der Waals surface area contributed by atoms with Crippen LogP contribution in [0.5, 0.6) is 0 Å². The van der Waals surface area contributed by atoms with Gasteiger partial charge in [-0.15, -0.1) is 0 Å². The van der Waals surface area contributed by atoms with E-state index >= 15 is 0 Å². The normalized spacial score (nSPS) is 13.1. The van der Waals surface area contributed by atoms with Gasteiger partial charge < -0.3 is 4.42 Å². The van der Waals surface area contributed by atoms with Gasteiger partial charge in [0.1, 0.15) is 0 Å². The van der Waals surface area contributed by atoms with Crippen LogP contribution in [0.2, 0.25) is 0 Å². The molecule has 4 aromatic rings. The highest BCUT2D eigenvalue weighted by Gasteiger charge is 2.35. The molecule has 19 heavy (non-hydrogen) atoms. The molecule has 0 fully saturated rings. The van der Waals surface area contributed by atoms with E-state index in [1.165, 1.54) is 26.7 Å². The van der Waals surface area contributed by atoms with Gasteiger partial charge in [-0.25, -0.2) is 0 Å². The highest BCUT2D eigenvalue weighted by atomic mass is 32.1. The van der Waals surface area contributed by atoms with Crippen LogP contribution in [0.15, 0.2) is 52.9 Å². The van der Waals surface area contributed by atoms with Crippen LogP contribution >= 0.6 is 11.3 Å². The largest absolute Gasteiger partial charge is 0.386 e. The first kappa shape index (κ1) is 9.75. The summed E-state index contributed by atoms with van der Waals surface area (Å²) in [6.45, 7) is 0.916. The zero-order valence-electron chi connectivity index (χ0n) is 10.1. The minimum atomic E-state index is 0.916. The summed E-state index contributed by atoms with van der Waals surface area (Å²) in [5.74, 6) is 1.00. The fraction of sp³-hybridized carbons (Fsp3) is 0.0625. The van der Waals surface area contributed by atoms with Crippen LogP contribution in [0.3, 0.4) is 0 Å². The van der Waals surface area contributed by atoms with Gasteiger partial charge in [0.2, 0.25) is 0 Å². The Kier molecular flexibility index (Phi) is 1.67. The lowest BCUT2D eigenvalue weighted by molar-refractivity contribution is -0.648. The second-order valence-corrected chi connectivity index (χ2v) is 5.90. The molecule has 0 saturated carbocycles. The molecule has 2 aromatic carbocycles. The maximum atomic E-state index is 6.10. The molecule has 2 nitrogen and oxygen atoms in total. The zero-order chi connectivity index (χ0) is 12.4. The number of thiophene rings is 1. The van der Waals surface area contributed by atoms with Crippen molar-refractivity contribution in [1.29, 1.82) is 0 Å². The zero-order valence-corrected chi connectivity index (χ0v) is 10.9. The van der Waals surface area contributed by atoms with Gasteiger partial charge in [-0.2, -0.15) is 4.57 Å². The molecule has 1 aliphatic heterocycles. The summed E-state index contributed by atoms with van der Waals surface area (Å²) in [5.41, 5.74) is 3.82. The summed E-state index contributed by atoms with van der Waals surface area (Å²) in [4.78, 5) is 1.03. The van der Waals surface area contributed by atoms with Crippen molar-refractivity contribution in [1.82, 2.24) is 0 Å². The van der Waals surface area contributed by atoms with Crippen molar-refractivity contribution in [2.45, 2.75) is 6.54 Å². The lowest BCUT2D eigenvalue weighted by Gasteiger charge is -1.88. The molecule has 2 aromatic heterocycles. The lowest BCUT2D eigenvalue weighted by atomic mass is 10.1. The van der Waals surface area contributed by atoms with Crippen LogP contribution in [0.1, 0.15) is 5.56 Å². The summed E-state index contributed by atoms with van der Waals surface area (Å²) in [5, 5.41) is 1.30. The molecule has 0 radical (unpaired) electrons. The number of benzene rings is 2. The van der Waals surface area contributed by atoms with E-state index in [0.717, 1.165) is 17.3 Å². The molecule has 0 aliphatic carbocycles. The fourth-order valence-electron chi connectivity index (χ4n) is 2.97. The number of aromatic nitrogens is 1. The van der Waals surface area contributed by atoms with E-state index in [4.69, 9.17) is 4.42 Å². The Morgan fingerprint density at radius 1 is 1.00 bits per heavy atom. The van der Waals surface area contributed by atoms with E-state index in [2.05, 4.69) is 53.1 Å². The summed E-state index contributed by atoms with van der Waals surface area (Å²) in [6, 6.07) is 17.0. The summed E-state index contributed by atoms with van der Waals surface area (Å²) < 4.78 is 9.70. The topological polar surface area (TPSA) is 17.0 Å². The van der Waals surface area contributed by atoms with Crippen molar-refractivity contribution in [3.8, 4) is 11.5 Å². The summed E-state index contributed by atoms with van der Waals surface area (Å²) in [7, 11) is 0. The number of oxazole rings is 1. The maximum absolute atomic E-state index is 6.10. The molecule has 0 saturated heterocycles. The first-order valence-corrected chi connectivity index (χ1v) is 7.15. The van der Waals surface area contributed by atoms with Crippen LogP contribution < -0.4 is 4.57 Å². The molecule has 0 amide bonds. The standard InChI is InChI=1S/C16H10NOS/c1-2-6-11-10(5-1)9-17-14-12-7-3-4-8-13(12)19-16(14)18-15(11)17/h1-8H,9H2/q+1. The number of fused-ring (bicyclic) bond motifs is 7. The van der Waals surface area contributed by atoms with E-state index < -0.39 is 0 Å². The van der Waals surface area contributed by atoms with Gasteiger partial charge in [0.05, 0.1) is 10.9 Å². The first-order chi connectivity index (χ1) is 9.42. The van der Waals surface area contributed by atoms with Gasteiger partial charge in [-0.3, -0.25) is 0 Å². The second kappa shape index (κ2) is 3.25. The van der Waals surface area contributed by atoms with Gasteiger partial charge in [0.15, 0.2) is 6.54 Å². The molecule has 3 heterocycles.